The molecule has 148 valence electrons. The third kappa shape index (κ3) is 16.1. The second kappa shape index (κ2) is 16.3. The Morgan fingerprint density at radius 2 is 1.28 bits per heavy atom. The molecule has 2 atom stereocenters. The molecule has 0 aromatic rings. The van der Waals surface area contributed by atoms with E-state index >= 15 is 0 Å². The average molecular weight is 360 g/mol. The molecule has 0 fully saturated rings. The highest BCUT2D eigenvalue weighted by Gasteiger charge is 2.13. The lowest BCUT2D eigenvalue weighted by Crippen LogP contribution is -2.25. The number of carbonyl (C=O) groups excluding carboxylic acids is 2. The van der Waals surface area contributed by atoms with Crippen molar-refractivity contribution in [2.45, 2.75) is 96.7 Å². The van der Waals surface area contributed by atoms with Gasteiger partial charge in [0, 0.05) is 12.8 Å². The van der Waals surface area contributed by atoms with E-state index in [9.17, 15) is 19.8 Å². The fourth-order valence-corrected chi connectivity index (χ4v) is 2.31. The van der Waals surface area contributed by atoms with Crippen LogP contribution >= 0.6 is 0 Å². The highest BCUT2D eigenvalue weighted by Crippen LogP contribution is 2.08. The maximum atomic E-state index is 11.5. The van der Waals surface area contributed by atoms with Gasteiger partial charge in [0.15, 0.2) is 0 Å². The van der Waals surface area contributed by atoms with Crippen LogP contribution in [-0.2, 0) is 19.1 Å². The maximum Gasteiger partial charge on any atom is 0.305 e. The highest BCUT2D eigenvalue weighted by molar-refractivity contribution is 5.69. The van der Waals surface area contributed by atoms with Gasteiger partial charge in [0.25, 0.3) is 0 Å². The Morgan fingerprint density at radius 1 is 0.720 bits per heavy atom. The van der Waals surface area contributed by atoms with Crippen LogP contribution in [0.15, 0.2) is 0 Å². The van der Waals surface area contributed by atoms with E-state index in [4.69, 9.17) is 9.47 Å². The van der Waals surface area contributed by atoms with Crippen molar-refractivity contribution in [2.75, 3.05) is 13.2 Å². The van der Waals surface area contributed by atoms with Crippen molar-refractivity contribution >= 4 is 11.9 Å². The molecule has 25 heavy (non-hydrogen) atoms. The van der Waals surface area contributed by atoms with Gasteiger partial charge in [-0.15, -0.1) is 0 Å². The van der Waals surface area contributed by atoms with Crippen molar-refractivity contribution in [1.29, 1.82) is 0 Å². The molecule has 0 heterocycles. The quantitative estimate of drug-likeness (QED) is 0.324. The third-order valence-electron chi connectivity index (χ3n) is 3.93. The van der Waals surface area contributed by atoms with Crippen LogP contribution in [0.1, 0.15) is 84.5 Å². The monoisotopic (exact) mass is 360 g/mol. The van der Waals surface area contributed by atoms with Crippen molar-refractivity contribution in [3.63, 3.8) is 0 Å². The molecule has 2 N–H and O–H groups in total. The van der Waals surface area contributed by atoms with Gasteiger partial charge in [-0.05, 0) is 19.3 Å². The van der Waals surface area contributed by atoms with Crippen LogP contribution in [0.4, 0.5) is 0 Å². The highest BCUT2D eigenvalue weighted by atomic mass is 16.6. The van der Waals surface area contributed by atoms with Crippen LogP contribution in [0.2, 0.25) is 0 Å². The van der Waals surface area contributed by atoms with Gasteiger partial charge in [0.2, 0.25) is 0 Å². The van der Waals surface area contributed by atoms with E-state index in [1.54, 1.807) is 0 Å². The molecule has 0 amide bonds. The summed E-state index contributed by atoms with van der Waals surface area (Å²) in [6, 6.07) is 0. The summed E-state index contributed by atoms with van der Waals surface area (Å²) < 4.78 is 9.89. The Hall–Kier alpha value is -1.14. The fourth-order valence-electron chi connectivity index (χ4n) is 2.31. The van der Waals surface area contributed by atoms with Gasteiger partial charge in [-0.1, -0.05) is 52.4 Å². The van der Waals surface area contributed by atoms with E-state index in [1.807, 2.05) is 6.92 Å². The summed E-state index contributed by atoms with van der Waals surface area (Å²) >= 11 is 0. The van der Waals surface area contributed by atoms with Gasteiger partial charge in [0.05, 0.1) is 6.10 Å². The third-order valence-corrected chi connectivity index (χ3v) is 3.93. The number of aliphatic hydroxyl groups excluding tert-OH is 2. The van der Waals surface area contributed by atoms with E-state index in [0.29, 0.717) is 19.3 Å². The van der Waals surface area contributed by atoms with Crippen LogP contribution in [0.3, 0.4) is 0 Å². The first-order chi connectivity index (χ1) is 12.0. The number of rotatable bonds is 16. The molecule has 0 aromatic heterocycles. The minimum absolute atomic E-state index is 0.120. The molecule has 0 rings (SSSR count). The number of esters is 2. The second-order valence-corrected chi connectivity index (χ2v) is 6.52. The summed E-state index contributed by atoms with van der Waals surface area (Å²) in [5.74, 6) is -0.794. The van der Waals surface area contributed by atoms with Crippen LogP contribution in [-0.4, -0.2) is 47.6 Å². The minimum Gasteiger partial charge on any atom is -0.463 e. The Kier molecular flexibility index (Phi) is 15.6. The van der Waals surface area contributed by atoms with Gasteiger partial charge in [-0.2, -0.15) is 0 Å². The molecule has 0 bridgehead atoms. The van der Waals surface area contributed by atoms with E-state index in [2.05, 4.69) is 6.92 Å². The number of unbranched alkanes of at least 4 members (excludes halogenated alkanes) is 5. The van der Waals surface area contributed by atoms with Crippen LogP contribution in [0.25, 0.3) is 0 Å². The van der Waals surface area contributed by atoms with E-state index in [0.717, 1.165) is 38.5 Å². The van der Waals surface area contributed by atoms with E-state index in [-0.39, 0.29) is 25.6 Å². The topological polar surface area (TPSA) is 93.1 Å². The molecule has 0 spiro atoms. The van der Waals surface area contributed by atoms with Crippen molar-refractivity contribution in [3.8, 4) is 0 Å². The van der Waals surface area contributed by atoms with Crippen molar-refractivity contribution in [2.24, 2.45) is 0 Å². The van der Waals surface area contributed by atoms with Crippen molar-refractivity contribution in [1.82, 2.24) is 0 Å². The van der Waals surface area contributed by atoms with Gasteiger partial charge in [-0.3, -0.25) is 9.59 Å². The zero-order valence-electron chi connectivity index (χ0n) is 15.9. The molecule has 0 aliphatic rings. The molecular weight excluding hydrogens is 324 g/mol. The Balaban J connectivity index is 3.63. The van der Waals surface area contributed by atoms with Gasteiger partial charge >= 0.3 is 11.9 Å². The Labute approximate surface area is 151 Å². The number of carbonyl (C=O) groups is 2. The normalized spacial score (nSPS) is 13.3. The smallest absolute Gasteiger partial charge is 0.305 e. The lowest BCUT2D eigenvalue weighted by molar-refractivity contribution is -0.152. The minimum atomic E-state index is -1.02. The number of hydrogen-bond acceptors (Lipinski definition) is 6. The maximum absolute atomic E-state index is 11.5. The standard InChI is InChI=1S/C19H36O6/c1-3-5-7-8-9-11-18(22)24-14-17(21)15-25-19(23)13-12-16(20)10-6-4-2/h16-17,20-21H,3-15H2,1-2H3. The molecular formula is C19H36O6. The van der Waals surface area contributed by atoms with Crippen LogP contribution in [0, 0.1) is 0 Å². The Morgan fingerprint density at radius 3 is 1.88 bits per heavy atom. The van der Waals surface area contributed by atoms with Crippen molar-refractivity contribution < 1.29 is 29.3 Å². The van der Waals surface area contributed by atoms with Crippen molar-refractivity contribution in [3.05, 3.63) is 0 Å². The molecule has 6 nitrogen and oxygen atoms in total. The molecule has 0 saturated carbocycles. The van der Waals surface area contributed by atoms with Crippen LogP contribution < -0.4 is 0 Å². The lowest BCUT2D eigenvalue weighted by atomic mass is 10.1. The number of aliphatic hydroxyl groups is 2. The molecule has 0 aliphatic carbocycles. The number of hydrogen-bond donors (Lipinski definition) is 2. The first-order valence-electron chi connectivity index (χ1n) is 9.66. The van der Waals surface area contributed by atoms with E-state index < -0.39 is 18.2 Å². The predicted octanol–water partition coefficient (Wildman–Crippen LogP) is 3.13. The summed E-state index contributed by atoms with van der Waals surface area (Å²) in [6.07, 6.45) is 7.21. The summed E-state index contributed by atoms with van der Waals surface area (Å²) in [6.45, 7) is 3.81. The molecule has 6 heteroatoms. The predicted molar refractivity (Wildman–Crippen MR) is 96.1 cm³/mol. The second-order valence-electron chi connectivity index (χ2n) is 6.52. The molecule has 0 radical (unpaired) electrons. The Bertz CT molecular complexity index is 345. The largest absolute Gasteiger partial charge is 0.463 e. The first kappa shape index (κ1) is 23.9. The summed E-state index contributed by atoms with van der Waals surface area (Å²) in [4.78, 5) is 23.1. The lowest BCUT2D eigenvalue weighted by Gasteiger charge is -2.13. The zero-order chi connectivity index (χ0) is 18.9. The molecule has 0 aliphatic heterocycles. The molecule has 2 unspecified atom stereocenters. The van der Waals surface area contributed by atoms with Crippen LogP contribution in [0.5, 0.6) is 0 Å². The van der Waals surface area contributed by atoms with Gasteiger partial charge < -0.3 is 19.7 Å². The van der Waals surface area contributed by atoms with Gasteiger partial charge in [-0.25, -0.2) is 0 Å². The molecule has 0 saturated heterocycles. The molecule has 0 aromatic carbocycles. The average Bonchev–Trinajstić information content (AvgIpc) is 2.60. The van der Waals surface area contributed by atoms with E-state index in [1.165, 1.54) is 6.42 Å². The first-order valence-corrected chi connectivity index (χ1v) is 9.66. The summed E-state index contributed by atoms with van der Waals surface area (Å²) in [7, 11) is 0. The summed E-state index contributed by atoms with van der Waals surface area (Å²) in [5, 5.41) is 19.3. The summed E-state index contributed by atoms with van der Waals surface area (Å²) in [5.41, 5.74) is 0. The fraction of sp³-hybridized carbons (Fsp3) is 0.895. The van der Waals surface area contributed by atoms with Gasteiger partial charge in [0.1, 0.15) is 19.3 Å². The SMILES string of the molecule is CCCCCCCC(=O)OCC(O)COC(=O)CCC(O)CCCC. The zero-order valence-corrected chi connectivity index (χ0v) is 15.9. The number of ether oxygens (including phenoxy) is 2.